The lowest BCUT2D eigenvalue weighted by molar-refractivity contribution is 0.584. The van der Waals surface area contributed by atoms with Gasteiger partial charge in [-0.25, -0.2) is 5.14 Å². The third-order valence-corrected chi connectivity index (χ3v) is 2.46. The summed E-state index contributed by atoms with van der Waals surface area (Å²) in [4.78, 5) is 0. The first kappa shape index (κ1) is 8.21. The third-order valence-electron chi connectivity index (χ3n) is 1.69. The minimum absolute atomic E-state index is 0.491. The predicted octanol–water partition coefficient (Wildman–Crippen LogP) is 0.0879. The van der Waals surface area contributed by atoms with Gasteiger partial charge in [0.2, 0.25) is 0 Å². The molecule has 1 aromatic carbocycles. The van der Waals surface area contributed by atoms with Gasteiger partial charge in [-0.05, 0) is 6.07 Å². The summed E-state index contributed by atoms with van der Waals surface area (Å²) in [6.45, 7) is 0. The maximum atomic E-state index is 11.0. The Hall–Kier alpha value is -1.40. The van der Waals surface area contributed by atoms with E-state index in [-0.39, 0.29) is 0 Å². The van der Waals surface area contributed by atoms with Crippen LogP contribution in [0.5, 0.6) is 0 Å². The summed E-state index contributed by atoms with van der Waals surface area (Å²) in [5.41, 5.74) is 0.491. The second-order valence-electron chi connectivity index (χ2n) is 2.59. The number of para-hydroxylation sites is 1. The smallest absolute Gasteiger partial charge is 0.210 e. The fourth-order valence-corrected chi connectivity index (χ4v) is 1.77. The zero-order valence-electron chi connectivity index (χ0n) is 6.58. The van der Waals surface area contributed by atoms with Gasteiger partial charge in [0, 0.05) is 5.39 Å². The Morgan fingerprint density at radius 3 is 2.69 bits per heavy atom. The fourth-order valence-electron chi connectivity index (χ4n) is 1.15. The van der Waals surface area contributed by atoms with Gasteiger partial charge in [0.1, 0.15) is 0 Å². The van der Waals surface area contributed by atoms with E-state index in [1.165, 1.54) is 6.20 Å². The number of hydrogen-bond acceptors (Lipinski definition) is 3. The van der Waals surface area contributed by atoms with Gasteiger partial charge in [0.15, 0.2) is 0 Å². The monoisotopic (exact) mass is 197 g/mol. The highest BCUT2D eigenvalue weighted by Crippen LogP contribution is 2.12. The van der Waals surface area contributed by atoms with Crippen LogP contribution in [0.4, 0.5) is 0 Å². The Morgan fingerprint density at radius 1 is 1.31 bits per heavy atom. The van der Waals surface area contributed by atoms with Gasteiger partial charge in [-0.2, -0.15) is 13.5 Å². The molecule has 0 amide bonds. The Kier molecular flexibility index (Phi) is 1.61. The van der Waals surface area contributed by atoms with E-state index in [9.17, 15) is 8.42 Å². The molecule has 0 aliphatic rings. The molecular weight excluding hydrogens is 190 g/mol. The molecule has 1 heterocycles. The minimum Gasteiger partial charge on any atom is -0.210 e. The van der Waals surface area contributed by atoms with Crippen LogP contribution in [0.15, 0.2) is 30.5 Å². The molecule has 0 aliphatic carbocycles. The lowest BCUT2D eigenvalue weighted by atomic mass is 10.3. The van der Waals surface area contributed by atoms with Crippen LogP contribution in [0.3, 0.4) is 0 Å². The van der Waals surface area contributed by atoms with Crippen LogP contribution in [0.1, 0.15) is 0 Å². The van der Waals surface area contributed by atoms with Gasteiger partial charge in [0.25, 0.3) is 0 Å². The van der Waals surface area contributed by atoms with Gasteiger partial charge in [-0.15, -0.1) is 4.09 Å². The van der Waals surface area contributed by atoms with Crippen molar-refractivity contribution in [2.24, 2.45) is 5.14 Å². The van der Waals surface area contributed by atoms with Crippen molar-refractivity contribution in [2.45, 2.75) is 0 Å². The second-order valence-corrected chi connectivity index (χ2v) is 3.97. The van der Waals surface area contributed by atoms with E-state index < -0.39 is 10.2 Å². The maximum Gasteiger partial charge on any atom is 0.318 e. The number of nitrogens with two attached hydrogens (primary N) is 1. The van der Waals surface area contributed by atoms with E-state index in [4.69, 9.17) is 5.14 Å². The number of fused-ring (bicyclic) bond motifs is 1. The summed E-state index contributed by atoms with van der Waals surface area (Å²) in [6.07, 6.45) is 1.46. The van der Waals surface area contributed by atoms with E-state index in [1.54, 1.807) is 24.3 Å². The van der Waals surface area contributed by atoms with Crippen LogP contribution >= 0.6 is 0 Å². The molecule has 68 valence electrons. The molecule has 2 aromatic rings. The molecular formula is C7H7N3O2S. The number of hydrogen-bond donors (Lipinski definition) is 1. The van der Waals surface area contributed by atoms with E-state index >= 15 is 0 Å². The number of aromatic nitrogens is 2. The van der Waals surface area contributed by atoms with Gasteiger partial charge < -0.3 is 0 Å². The first-order valence-electron chi connectivity index (χ1n) is 3.55. The molecule has 5 nitrogen and oxygen atoms in total. The van der Waals surface area contributed by atoms with Gasteiger partial charge in [0.05, 0.1) is 11.7 Å². The van der Waals surface area contributed by atoms with Crippen molar-refractivity contribution < 1.29 is 8.42 Å². The van der Waals surface area contributed by atoms with Crippen molar-refractivity contribution in [3.8, 4) is 0 Å². The van der Waals surface area contributed by atoms with Crippen LogP contribution < -0.4 is 5.14 Å². The van der Waals surface area contributed by atoms with Crippen LogP contribution in [0.2, 0.25) is 0 Å². The second kappa shape index (κ2) is 2.54. The largest absolute Gasteiger partial charge is 0.318 e. The van der Waals surface area contributed by atoms with E-state index in [1.807, 2.05) is 0 Å². The molecule has 6 heteroatoms. The highest BCUT2D eigenvalue weighted by molar-refractivity contribution is 7.87. The Labute approximate surface area is 75.0 Å². The van der Waals surface area contributed by atoms with Gasteiger partial charge in [-0.1, -0.05) is 18.2 Å². The zero-order valence-corrected chi connectivity index (χ0v) is 7.40. The average Bonchev–Trinajstić information content (AvgIpc) is 2.45. The van der Waals surface area contributed by atoms with Gasteiger partial charge in [-0.3, -0.25) is 0 Å². The zero-order chi connectivity index (χ0) is 9.47. The molecule has 1 aromatic heterocycles. The van der Waals surface area contributed by atoms with Crippen molar-refractivity contribution in [2.75, 3.05) is 0 Å². The Bertz CT molecular complexity index is 544. The van der Waals surface area contributed by atoms with E-state index in [0.29, 0.717) is 5.52 Å². The van der Waals surface area contributed by atoms with E-state index in [2.05, 4.69) is 5.10 Å². The highest BCUT2D eigenvalue weighted by Gasteiger charge is 2.10. The number of benzene rings is 1. The van der Waals surface area contributed by atoms with Crippen LogP contribution in [-0.2, 0) is 10.2 Å². The van der Waals surface area contributed by atoms with Crippen LogP contribution in [-0.4, -0.2) is 17.6 Å². The first-order chi connectivity index (χ1) is 6.09. The summed E-state index contributed by atoms with van der Waals surface area (Å²) in [5.74, 6) is 0. The van der Waals surface area contributed by atoms with E-state index in [0.717, 1.165) is 9.47 Å². The molecule has 0 atom stereocenters. The summed E-state index contributed by atoms with van der Waals surface area (Å²) in [5, 5.41) is 9.36. The molecule has 0 unspecified atom stereocenters. The SMILES string of the molecule is NS(=O)(=O)n1ncc2ccccc21. The average molecular weight is 197 g/mol. The predicted molar refractivity (Wildman–Crippen MR) is 48.2 cm³/mol. The van der Waals surface area contributed by atoms with Crippen molar-refractivity contribution in [3.63, 3.8) is 0 Å². The summed E-state index contributed by atoms with van der Waals surface area (Å²) >= 11 is 0. The first-order valence-corrected chi connectivity index (χ1v) is 5.05. The third kappa shape index (κ3) is 1.30. The van der Waals surface area contributed by atoms with Crippen LogP contribution in [0, 0.1) is 0 Å². The number of rotatable bonds is 1. The highest BCUT2D eigenvalue weighted by atomic mass is 32.2. The Balaban J connectivity index is 2.87. The molecule has 13 heavy (non-hydrogen) atoms. The summed E-state index contributed by atoms with van der Waals surface area (Å²) in [6, 6.07) is 6.94. The summed E-state index contributed by atoms with van der Waals surface area (Å²) < 4.78 is 22.8. The molecule has 2 N–H and O–H groups in total. The topological polar surface area (TPSA) is 78.0 Å². The van der Waals surface area contributed by atoms with Crippen molar-refractivity contribution in [1.29, 1.82) is 0 Å². The molecule has 0 spiro atoms. The standard InChI is InChI=1S/C7H7N3O2S/c8-13(11,12)10-7-4-2-1-3-6(7)5-9-10/h1-5H,(H2,8,11,12). The summed E-state index contributed by atoms with van der Waals surface area (Å²) in [7, 11) is -3.78. The van der Waals surface area contributed by atoms with Gasteiger partial charge >= 0.3 is 10.2 Å². The van der Waals surface area contributed by atoms with Crippen molar-refractivity contribution >= 4 is 21.1 Å². The molecule has 0 aliphatic heterocycles. The maximum absolute atomic E-state index is 11.0. The molecule has 0 radical (unpaired) electrons. The molecule has 0 saturated heterocycles. The lowest BCUT2D eigenvalue weighted by Crippen LogP contribution is -2.22. The molecule has 0 bridgehead atoms. The molecule has 0 fully saturated rings. The normalized spacial score (nSPS) is 12.1. The quantitative estimate of drug-likeness (QED) is 0.703. The molecule has 0 saturated carbocycles. The minimum atomic E-state index is -3.78. The van der Waals surface area contributed by atoms with Crippen LogP contribution in [0.25, 0.3) is 10.9 Å². The number of nitrogens with zero attached hydrogens (tertiary/aromatic N) is 2. The fraction of sp³-hybridized carbons (Fsp3) is 0. The molecule has 2 rings (SSSR count). The van der Waals surface area contributed by atoms with Crippen molar-refractivity contribution in [1.82, 2.24) is 9.19 Å². The van der Waals surface area contributed by atoms with Crippen molar-refractivity contribution in [3.05, 3.63) is 30.5 Å². The Morgan fingerprint density at radius 2 is 2.00 bits per heavy atom. The lowest BCUT2D eigenvalue weighted by Gasteiger charge is -1.97.